The zero-order valence-corrected chi connectivity index (χ0v) is 9.11. The predicted octanol–water partition coefficient (Wildman–Crippen LogP) is 1.99. The lowest BCUT2D eigenvalue weighted by molar-refractivity contribution is 0.624. The maximum Gasteiger partial charge on any atom is 0.146 e. The van der Waals surface area contributed by atoms with Crippen LogP contribution in [0, 0.1) is 17.1 Å². The van der Waals surface area contributed by atoms with Crippen molar-refractivity contribution in [1.29, 1.82) is 5.26 Å². The highest BCUT2D eigenvalue weighted by atomic mass is 19.1. The second-order valence-corrected chi connectivity index (χ2v) is 3.51. The summed E-state index contributed by atoms with van der Waals surface area (Å²) in [5.74, 6) is 0.0837. The number of hydrogen-bond acceptors (Lipinski definition) is 4. The first-order valence-corrected chi connectivity index (χ1v) is 5.02. The Kier molecular flexibility index (Phi) is 3.01. The van der Waals surface area contributed by atoms with E-state index in [-0.39, 0.29) is 11.6 Å². The van der Waals surface area contributed by atoms with Crippen LogP contribution in [0.3, 0.4) is 0 Å². The molecule has 0 saturated heterocycles. The average Bonchev–Trinajstić information content (AvgIpc) is 2.82. The molecule has 17 heavy (non-hydrogen) atoms. The van der Waals surface area contributed by atoms with Crippen LogP contribution in [0.4, 0.5) is 10.1 Å². The maximum atomic E-state index is 13.3. The quantitative estimate of drug-likeness (QED) is 0.846. The number of nitrogens with one attached hydrogen (secondary N) is 2. The molecule has 0 spiro atoms. The number of aromatic nitrogens is 3. The summed E-state index contributed by atoms with van der Waals surface area (Å²) in [7, 11) is 0. The molecule has 1 aromatic heterocycles. The van der Waals surface area contributed by atoms with Crippen LogP contribution in [-0.2, 0) is 0 Å². The number of hydrogen-bond donors (Lipinski definition) is 2. The Morgan fingerprint density at radius 2 is 2.35 bits per heavy atom. The van der Waals surface area contributed by atoms with Crippen LogP contribution in [0.2, 0.25) is 0 Å². The number of aromatic amines is 1. The van der Waals surface area contributed by atoms with Gasteiger partial charge in [0.1, 0.15) is 29.6 Å². The summed E-state index contributed by atoms with van der Waals surface area (Å²) in [5.41, 5.74) is 0.440. The van der Waals surface area contributed by atoms with Crippen LogP contribution >= 0.6 is 0 Å². The lowest BCUT2D eigenvalue weighted by Crippen LogP contribution is -2.10. The van der Waals surface area contributed by atoms with Gasteiger partial charge in [0.15, 0.2) is 0 Å². The van der Waals surface area contributed by atoms with Crippen molar-refractivity contribution in [3.05, 3.63) is 41.7 Å². The molecule has 0 bridgehead atoms. The van der Waals surface area contributed by atoms with E-state index in [1.807, 2.05) is 13.0 Å². The normalized spacial score (nSPS) is 11.8. The Bertz CT molecular complexity index is 543. The molecule has 0 aliphatic heterocycles. The van der Waals surface area contributed by atoms with E-state index in [1.165, 1.54) is 12.4 Å². The van der Waals surface area contributed by atoms with E-state index in [9.17, 15) is 4.39 Å². The summed E-state index contributed by atoms with van der Waals surface area (Å²) < 4.78 is 13.3. The smallest absolute Gasteiger partial charge is 0.146 e. The van der Waals surface area contributed by atoms with Gasteiger partial charge < -0.3 is 5.32 Å². The van der Waals surface area contributed by atoms with E-state index in [0.29, 0.717) is 11.5 Å². The van der Waals surface area contributed by atoms with Crippen LogP contribution in [0.5, 0.6) is 0 Å². The zero-order chi connectivity index (χ0) is 12.3. The van der Waals surface area contributed by atoms with Crippen LogP contribution < -0.4 is 5.32 Å². The molecule has 2 aromatic rings. The van der Waals surface area contributed by atoms with Gasteiger partial charge in [-0.25, -0.2) is 9.37 Å². The monoisotopic (exact) mass is 231 g/mol. The minimum absolute atomic E-state index is 0.00105. The fourth-order valence-corrected chi connectivity index (χ4v) is 1.48. The second-order valence-electron chi connectivity index (χ2n) is 3.51. The van der Waals surface area contributed by atoms with Gasteiger partial charge in [0.25, 0.3) is 0 Å². The minimum Gasteiger partial charge on any atom is -0.374 e. The van der Waals surface area contributed by atoms with Crippen LogP contribution in [0.1, 0.15) is 24.4 Å². The minimum atomic E-state index is -0.540. The van der Waals surface area contributed by atoms with Crippen molar-refractivity contribution in [2.75, 3.05) is 5.32 Å². The molecule has 1 atom stereocenters. The lowest BCUT2D eigenvalue weighted by Gasteiger charge is -2.13. The van der Waals surface area contributed by atoms with Crippen LogP contribution in [0.25, 0.3) is 0 Å². The van der Waals surface area contributed by atoms with Crippen LogP contribution in [0.15, 0.2) is 24.5 Å². The summed E-state index contributed by atoms with van der Waals surface area (Å²) in [4.78, 5) is 3.98. The molecule has 5 nitrogen and oxygen atoms in total. The van der Waals surface area contributed by atoms with Crippen LogP contribution in [-0.4, -0.2) is 15.2 Å². The lowest BCUT2D eigenvalue weighted by atomic mass is 10.1. The van der Waals surface area contributed by atoms with Gasteiger partial charge in [-0.3, -0.25) is 5.10 Å². The molecule has 1 heterocycles. The predicted molar refractivity (Wildman–Crippen MR) is 59.5 cm³/mol. The topological polar surface area (TPSA) is 77.4 Å². The largest absolute Gasteiger partial charge is 0.374 e. The number of anilines is 1. The summed E-state index contributed by atoms with van der Waals surface area (Å²) in [6.45, 7) is 1.84. The third-order valence-electron chi connectivity index (χ3n) is 2.34. The van der Waals surface area contributed by atoms with E-state index in [4.69, 9.17) is 5.26 Å². The van der Waals surface area contributed by atoms with E-state index >= 15 is 0 Å². The highest BCUT2D eigenvalue weighted by Gasteiger charge is 2.12. The third kappa shape index (κ3) is 2.23. The first kappa shape index (κ1) is 11.1. The Balaban J connectivity index is 2.25. The molecule has 0 saturated carbocycles. The number of nitrogens with zero attached hydrogens (tertiary/aromatic N) is 3. The van der Waals surface area contributed by atoms with Gasteiger partial charge in [-0.05, 0) is 19.1 Å². The molecule has 86 valence electrons. The van der Waals surface area contributed by atoms with E-state index in [2.05, 4.69) is 20.5 Å². The third-order valence-corrected chi connectivity index (χ3v) is 2.34. The summed E-state index contributed by atoms with van der Waals surface area (Å²) >= 11 is 0. The molecule has 2 N–H and O–H groups in total. The van der Waals surface area contributed by atoms with Crippen molar-refractivity contribution < 1.29 is 4.39 Å². The fourth-order valence-electron chi connectivity index (χ4n) is 1.48. The number of rotatable bonds is 3. The Hall–Kier alpha value is -2.42. The summed E-state index contributed by atoms with van der Waals surface area (Å²) in [6.07, 6.45) is 1.39. The molecule has 0 aliphatic carbocycles. The van der Waals surface area contributed by atoms with Gasteiger partial charge >= 0.3 is 0 Å². The molecule has 1 unspecified atom stereocenters. The van der Waals surface area contributed by atoms with E-state index < -0.39 is 5.82 Å². The second kappa shape index (κ2) is 4.61. The van der Waals surface area contributed by atoms with E-state index in [0.717, 1.165) is 0 Å². The van der Waals surface area contributed by atoms with Crippen molar-refractivity contribution in [2.45, 2.75) is 13.0 Å². The van der Waals surface area contributed by atoms with Gasteiger partial charge in [0, 0.05) is 0 Å². The van der Waals surface area contributed by atoms with Gasteiger partial charge in [-0.15, -0.1) is 0 Å². The molecule has 0 radical (unpaired) electrons. The molecule has 0 aliphatic rings. The summed E-state index contributed by atoms with van der Waals surface area (Å²) in [6, 6.07) is 6.09. The van der Waals surface area contributed by atoms with E-state index in [1.54, 1.807) is 12.1 Å². The molecule has 0 fully saturated rings. The molecule has 2 rings (SSSR count). The Morgan fingerprint density at radius 1 is 1.53 bits per heavy atom. The van der Waals surface area contributed by atoms with Gasteiger partial charge in [-0.1, -0.05) is 6.07 Å². The molecule has 6 heteroatoms. The first-order valence-electron chi connectivity index (χ1n) is 5.02. The maximum absolute atomic E-state index is 13.3. The Morgan fingerprint density at radius 3 is 3.00 bits per heavy atom. The SMILES string of the molecule is CC(Nc1cccc(F)c1C#N)c1ncn[nH]1. The molecular weight excluding hydrogens is 221 g/mol. The van der Waals surface area contributed by atoms with Crippen molar-refractivity contribution >= 4 is 5.69 Å². The Labute approximate surface area is 97.3 Å². The number of H-pyrrole nitrogens is 1. The van der Waals surface area contributed by atoms with Gasteiger partial charge in [-0.2, -0.15) is 10.4 Å². The van der Waals surface area contributed by atoms with Gasteiger partial charge in [0.2, 0.25) is 0 Å². The van der Waals surface area contributed by atoms with Crippen molar-refractivity contribution in [3.63, 3.8) is 0 Å². The van der Waals surface area contributed by atoms with Crippen molar-refractivity contribution in [3.8, 4) is 6.07 Å². The number of nitriles is 1. The summed E-state index contributed by atoms with van der Waals surface area (Å²) in [5, 5.41) is 18.3. The van der Waals surface area contributed by atoms with Gasteiger partial charge in [0.05, 0.1) is 11.7 Å². The zero-order valence-electron chi connectivity index (χ0n) is 9.11. The standard InChI is InChI=1S/C11H10FN5/c1-7(11-14-6-15-17-11)16-10-4-2-3-9(12)8(10)5-13/h2-4,6-7,16H,1H3,(H,14,15,17). The average molecular weight is 231 g/mol. The highest BCUT2D eigenvalue weighted by molar-refractivity contribution is 5.58. The molecular formula is C11H10FN5. The van der Waals surface area contributed by atoms with Crippen molar-refractivity contribution in [1.82, 2.24) is 15.2 Å². The van der Waals surface area contributed by atoms with Crippen molar-refractivity contribution in [2.24, 2.45) is 0 Å². The fraction of sp³-hybridized carbons (Fsp3) is 0.182. The molecule has 1 aromatic carbocycles. The highest BCUT2D eigenvalue weighted by Crippen LogP contribution is 2.21. The first-order chi connectivity index (χ1) is 8.22. The number of benzene rings is 1. The molecule has 0 amide bonds. The number of halogens is 1.